The second kappa shape index (κ2) is 6.22. The molecule has 3 rings (SSSR count). The maximum Gasteiger partial charge on any atom is 0.224 e. The number of amides is 1. The molecule has 1 heterocycles. The molecule has 0 saturated heterocycles. The van der Waals surface area contributed by atoms with Crippen molar-refractivity contribution >= 4 is 5.91 Å². The summed E-state index contributed by atoms with van der Waals surface area (Å²) >= 11 is 0. The third kappa shape index (κ3) is 2.98. The number of aromatic amines is 1. The van der Waals surface area contributed by atoms with Gasteiger partial charge in [-0.3, -0.25) is 4.79 Å². The van der Waals surface area contributed by atoms with E-state index in [2.05, 4.69) is 15.3 Å². The third-order valence-electron chi connectivity index (χ3n) is 4.24. The van der Waals surface area contributed by atoms with Crippen molar-refractivity contribution in [3.05, 3.63) is 47.0 Å². The first-order valence-corrected chi connectivity index (χ1v) is 7.62. The monoisotopic (exact) mass is 299 g/mol. The van der Waals surface area contributed by atoms with Crippen LogP contribution in [0.5, 0.6) is 5.75 Å². The standard InChI is InChI=1S/C17H21N3O2/c1-11-8-13(22-2)7-6-12(11)9-16(21)20-15-5-3-4-14-17(15)19-10-18-14/h6-8,10,15H,3-5,9H2,1-2H3,(H,18,19)(H,20,21). The molecule has 0 bridgehead atoms. The summed E-state index contributed by atoms with van der Waals surface area (Å²) in [7, 11) is 1.64. The van der Waals surface area contributed by atoms with Gasteiger partial charge in [0, 0.05) is 5.69 Å². The van der Waals surface area contributed by atoms with Gasteiger partial charge in [0.05, 0.1) is 31.6 Å². The number of hydrogen-bond donors (Lipinski definition) is 2. The van der Waals surface area contributed by atoms with Gasteiger partial charge in [0.1, 0.15) is 5.75 Å². The summed E-state index contributed by atoms with van der Waals surface area (Å²) < 4.78 is 5.19. The number of nitrogens with zero attached hydrogens (tertiary/aromatic N) is 1. The van der Waals surface area contributed by atoms with Crippen LogP contribution in [0.25, 0.3) is 0 Å². The highest BCUT2D eigenvalue weighted by Gasteiger charge is 2.24. The van der Waals surface area contributed by atoms with E-state index in [9.17, 15) is 4.79 Å². The average molecular weight is 299 g/mol. The number of carbonyl (C=O) groups excluding carboxylic acids is 1. The van der Waals surface area contributed by atoms with Crippen LogP contribution in [0.2, 0.25) is 0 Å². The molecule has 1 aromatic carbocycles. The number of fused-ring (bicyclic) bond motifs is 1. The Morgan fingerprint density at radius 3 is 3.14 bits per heavy atom. The van der Waals surface area contributed by atoms with E-state index in [0.29, 0.717) is 6.42 Å². The Hall–Kier alpha value is -2.30. The highest BCUT2D eigenvalue weighted by Crippen LogP contribution is 2.27. The Kier molecular flexibility index (Phi) is 4.13. The summed E-state index contributed by atoms with van der Waals surface area (Å²) in [6, 6.07) is 5.83. The van der Waals surface area contributed by atoms with Gasteiger partial charge in [0.2, 0.25) is 5.91 Å². The lowest BCUT2D eigenvalue weighted by Crippen LogP contribution is -2.32. The molecule has 5 heteroatoms. The number of aromatic nitrogens is 2. The van der Waals surface area contributed by atoms with Crippen LogP contribution < -0.4 is 10.1 Å². The number of ether oxygens (including phenoxy) is 1. The molecule has 1 amide bonds. The van der Waals surface area contributed by atoms with Gasteiger partial charge in [-0.1, -0.05) is 6.07 Å². The lowest BCUT2D eigenvalue weighted by atomic mass is 9.95. The number of hydrogen-bond acceptors (Lipinski definition) is 3. The third-order valence-corrected chi connectivity index (χ3v) is 4.24. The molecule has 0 saturated carbocycles. The van der Waals surface area contributed by atoms with Crippen LogP contribution in [0.4, 0.5) is 0 Å². The highest BCUT2D eigenvalue weighted by molar-refractivity contribution is 5.79. The van der Waals surface area contributed by atoms with Crippen molar-refractivity contribution in [1.82, 2.24) is 15.3 Å². The zero-order valence-corrected chi connectivity index (χ0v) is 13.0. The van der Waals surface area contributed by atoms with Gasteiger partial charge in [0.15, 0.2) is 0 Å². The van der Waals surface area contributed by atoms with Gasteiger partial charge in [-0.15, -0.1) is 0 Å². The number of benzene rings is 1. The zero-order chi connectivity index (χ0) is 15.5. The first-order valence-electron chi connectivity index (χ1n) is 7.62. The van der Waals surface area contributed by atoms with Crippen LogP contribution in [0.15, 0.2) is 24.5 Å². The number of rotatable bonds is 4. The molecular formula is C17H21N3O2. The predicted molar refractivity (Wildman–Crippen MR) is 83.8 cm³/mol. The fourth-order valence-electron chi connectivity index (χ4n) is 3.00. The Morgan fingerprint density at radius 2 is 2.36 bits per heavy atom. The molecule has 1 aliphatic carbocycles. The Balaban J connectivity index is 1.67. The first-order chi connectivity index (χ1) is 10.7. The zero-order valence-electron chi connectivity index (χ0n) is 13.0. The summed E-state index contributed by atoms with van der Waals surface area (Å²) in [5, 5.41) is 3.11. The van der Waals surface area contributed by atoms with E-state index in [4.69, 9.17) is 4.74 Å². The van der Waals surface area contributed by atoms with E-state index in [1.807, 2.05) is 25.1 Å². The summed E-state index contributed by atoms with van der Waals surface area (Å²) in [6.07, 6.45) is 5.13. The quantitative estimate of drug-likeness (QED) is 0.911. The maximum atomic E-state index is 12.3. The molecule has 1 aliphatic rings. The lowest BCUT2D eigenvalue weighted by Gasteiger charge is -2.22. The topological polar surface area (TPSA) is 67.0 Å². The van der Waals surface area contributed by atoms with Gasteiger partial charge in [0.25, 0.3) is 0 Å². The van der Waals surface area contributed by atoms with Crippen molar-refractivity contribution in [3.8, 4) is 5.75 Å². The van der Waals surface area contributed by atoms with Crippen molar-refractivity contribution in [2.24, 2.45) is 0 Å². The Labute approximate surface area is 130 Å². The maximum absolute atomic E-state index is 12.3. The largest absolute Gasteiger partial charge is 0.497 e. The van der Waals surface area contributed by atoms with Gasteiger partial charge in [-0.2, -0.15) is 0 Å². The predicted octanol–water partition coefficient (Wildman–Crippen LogP) is 2.46. The minimum Gasteiger partial charge on any atom is -0.497 e. The first kappa shape index (κ1) is 14.6. The summed E-state index contributed by atoms with van der Waals surface area (Å²) in [5.41, 5.74) is 4.23. The Morgan fingerprint density at radius 1 is 1.50 bits per heavy atom. The van der Waals surface area contributed by atoms with Gasteiger partial charge < -0.3 is 15.0 Å². The highest BCUT2D eigenvalue weighted by atomic mass is 16.5. The average Bonchev–Trinajstić information content (AvgIpc) is 2.99. The molecule has 116 valence electrons. The molecule has 5 nitrogen and oxygen atoms in total. The second-order valence-electron chi connectivity index (χ2n) is 5.75. The van der Waals surface area contributed by atoms with Crippen LogP contribution in [-0.2, 0) is 17.6 Å². The van der Waals surface area contributed by atoms with Crippen molar-refractivity contribution in [2.45, 2.75) is 38.6 Å². The molecule has 0 fully saturated rings. The van der Waals surface area contributed by atoms with E-state index in [0.717, 1.165) is 47.5 Å². The van der Waals surface area contributed by atoms with Gasteiger partial charge in [-0.25, -0.2) is 4.98 Å². The van der Waals surface area contributed by atoms with Crippen molar-refractivity contribution in [3.63, 3.8) is 0 Å². The SMILES string of the molecule is COc1ccc(CC(=O)NC2CCCc3[nH]cnc32)c(C)c1. The molecule has 0 spiro atoms. The van der Waals surface area contributed by atoms with E-state index in [-0.39, 0.29) is 11.9 Å². The number of carbonyl (C=O) groups is 1. The molecule has 2 aromatic rings. The number of H-pyrrole nitrogens is 1. The molecular weight excluding hydrogens is 278 g/mol. The van der Waals surface area contributed by atoms with Crippen molar-refractivity contribution < 1.29 is 9.53 Å². The van der Waals surface area contributed by atoms with E-state index in [1.165, 1.54) is 0 Å². The number of nitrogens with one attached hydrogen (secondary N) is 2. The van der Waals surface area contributed by atoms with Crippen molar-refractivity contribution in [2.75, 3.05) is 7.11 Å². The van der Waals surface area contributed by atoms with Crippen LogP contribution in [0.1, 0.15) is 41.4 Å². The van der Waals surface area contributed by atoms with Gasteiger partial charge >= 0.3 is 0 Å². The summed E-state index contributed by atoms with van der Waals surface area (Å²) in [4.78, 5) is 19.8. The minimum absolute atomic E-state index is 0.0288. The fourth-order valence-corrected chi connectivity index (χ4v) is 3.00. The molecule has 2 N–H and O–H groups in total. The summed E-state index contributed by atoms with van der Waals surface area (Å²) in [5.74, 6) is 0.851. The molecule has 0 radical (unpaired) electrons. The normalized spacial score (nSPS) is 16.9. The number of aryl methyl sites for hydroxylation is 2. The molecule has 0 aliphatic heterocycles. The molecule has 1 aromatic heterocycles. The second-order valence-corrected chi connectivity index (χ2v) is 5.75. The number of methoxy groups -OCH3 is 1. The smallest absolute Gasteiger partial charge is 0.224 e. The molecule has 22 heavy (non-hydrogen) atoms. The minimum atomic E-state index is 0.0288. The van der Waals surface area contributed by atoms with E-state index in [1.54, 1.807) is 13.4 Å². The molecule has 1 atom stereocenters. The lowest BCUT2D eigenvalue weighted by molar-refractivity contribution is -0.121. The van der Waals surface area contributed by atoms with E-state index >= 15 is 0 Å². The van der Waals surface area contributed by atoms with Crippen LogP contribution >= 0.6 is 0 Å². The Bertz CT molecular complexity index is 678. The van der Waals surface area contributed by atoms with Crippen LogP contribution in [0.3, 0.4) is 0 Å². The van der Waals surface area contributed by atoms with Crippen LogP contribution in [0, 0.1) is 6.92 Å². The number of imidazole rings is 1. The summed E-state index contributed by atoms with van der Waals surface area (Å²) in [6.45, 7) is 2.00. The fraction of sp³-hybridized carbons (Fsp3) is 0.412. The van der Waals surface area contributed by atoms with Crippen LogP contribution in [-0.4, -0.2) is 23.0 Å². The van der Waals surface area contributed by atoms with Crippen molar-refractivity contribution in [1.29, 1.82) is 0 Å². The van der Waals surface area contributed by atoms with E-state index < -0.39 is 0 Å². The van der Waals surface area contributed by atoms with Gasteiger partial charge in [-0.05, 0) is 49.4 Å². The molecule has 1 unspecified atom stereocenters.